The van der Waals surface area contributed by atoms with Crippen molar-refractivity contribution in [3.63, 3.8) is 0 Å². The zero-order chi connectivity index (χ0) is 18.9. The zero-order valence-electron chi connectivity index (χ0n) is 14.9. The lowest BCUT2D eigenvalue weighted by molar-refractivity contribution is -0.117. The SMILES string of the molecule is COc1cc(/C=C(/C#N)C(=O)NCc2ccccc2)cc(OC)c1OC. The molecule has 134 valence electrons. The summed E-state index contributed by atoms with van der Waals surface area (Å²) < 4.78 is 15.8. The number of rotatable bonds is 7. The molecule has 0 spiro atoms. The van der Waals surface area contributed by atoms with Gasteiger partial charge in [-0.25, -0.2) is 0 Å². The minimum Gasteiger partial charge on any atom is -0.493 e. The Hall–Kier alpha value is -3.46. The minimum absolute atomic E-state index is 0.0183. The summed E-state index contributed by atoms with van der Waals surface area (Å²) in [5.74, 6) is 0.879. The van der Waals surface area contributed by atoms with Crippen molar-refractivity contribution in [2.75, 3.05) is 21.3 Å². The maximum atomic E-state index is 12.3. The largest absolute Gasteiger partial charge is 0.493 e. The molecule has 2 rings (SSSR count). The summed E-state index contributed by atoms with van der Waals surface area (Å²) >= 11 is 0. The first-order chi connectivity index (χ1) is 12.6. The maximum absolute atomic E-state index is 12.3. The fourth-order valence-electron chi connectivity index (χ4n) is 2.37. The summed E-state index contributed by atoms with van der Waals surface area (Å²) in [6, 6.07) is 14.7. The Morgan fingerprint density at radius 3 is 2.19 bits per heavy atom. The van der Waals surface area contributed by atoms with E-state index in [4.69, 9.17) is 14.2 Å². The van der Waals surface area contributed by atoms with Gasteiger partial charge in [0.25, 0.3) is 5.91 Å². The Morgan fingerprint density at radius 1 is 1.08 bits per heavy atom. The number of carbonyl (C=O) groups is 1. The van der Waals surface area contributed by atoms with Gasteiger partial charge in [-0.15, -0.1) is 0 Å². The molecule has 0 radical (unpaired) electrons. The molecule has 1 amide bonds. The van der Waals surface area contributed by atoms with Crippen molar-refractivity contribution in [2.45, 2.75) is 6.54 Å². The van der Waals surface area contributed by atoms with Gasteiger partial charge in [-0.2, -0.15) is 5.26 Å². The summed E-state index contributed by atoms with van der Waals surface area (Å²) in [5, 5.41) is 12.1. The normalized spacial score (nSPS) is 10.6. The van der Waals surface area contributed by atoms with Gasteiger partial charge in [-0.1, -0.05) is 30.3 Å². The van der Waals surface area contributed by atoms with E-state index in [1.807, 2.05) is 36.4 Å². The Bertz CT molecular complexity index is 814. The molecule has 0 atom stereocenters. The number of ether oxygens (including phenoxy) is 3. The van der Waals surface area contributed by atoms with Crippen LogP contribution in [0.5, 0.6) is 17.2 Å². The first kappa shape index (κ1) is 18.9. The standard InChI is InChI=1S/C20H20N2O4/c1-24-17-10-15(11-18(25-2)19(17)26-3)9-16(12-21)20(23)22-13-14-7-5-4-6-8-14/h4-11H,13H2,1-3H3,(H,22,23)/b16-9-. The molecule has 0 aliphatic rings. The quantitative estimate of drug-likeness (QED) is 0.612. The number of nitrogens with zero attached hydrogens (tertiary/aromatic N) is 1. The lowest BCUT2D eigenvalue weighted by Crippen LogP contribution is -2.23. The first-order valence-electron chi connectivity index (χ1n) is 7.86. The van der Waals surface area contributed by atoms with Gasteiger partial charge in [0.05, 0.1) is 21.3 Å². The van der Waals surface area contributed by atoms with Crippen LogP contribution in [0.1, 0.15) is 11.1 Å². The van der Waals surface area contributed by atoms with Crippen LogP contribution in [0.25, 0.3) is 6.08 Å². The molecule has 0 saturated heterocycles. The van der Waals surface area contributed by atoms with E-state index in [1.165, 1.54) is 27.4 Å². The number of nitriles is 1. The Kier molecular flexibility index (Phi) is 6.63. The average Bonchev–Trinajstić information content (AvgIpc) is 2.69. The zero-order valence-corrected chi connectivity index (χ0v) is 14.9. The Balaban J connectivity index is 2.24. The van der Waals surface area contributed by atoms with Crippen LogP contribution in [-0.4, -0.2) is 27.2 Å². The number of carbonyl (C=O) groups excluding carboxylic acids is 1. The van der Waals surface area contributed by atoms with Gasteiger partial charge >= 0.3 is 0 Å². The van der Waals surface area contributed by atoms with E-state index in [9.17, 15) is 10.1 Å². The van der Waals surface area contributed by atoms with E-state index >= 15 is 0 Å². The number of nitrogens with one attached hydrogen (secondary N) is 1. The molecule has 0 aliphatic heterocycles. The van der Waals surface area contributed by atoms with Crippen LogP contribution in [0.4, 0.5) is 0 Å². The monoisotopic (exact) mass is 352 g/mol. The second-order valence-corrected chi connectivity index (χ2v) is 5.30. The molecular weight excluding hydrogens is 332 g/mol. The van der Waals surface area contributed by atoms with Crippen LogP contribution in [0.2, 0.25) is 0 Å². The van der Waals surface area contributed by atoms with E-state index in [2.05, 4.69) is 5.32 Å². The van der Waals surface area contributed by atoms with Crippen molar-refractivity contribution in [1.82, 2.24) is 5.32 Å². The molecule has 0 aliphatic carbocycles. The fraction of sp³-hybridized carbons (Fsp3) is 0.200. The molecule has 0 unspecified atom stereocenters. The van der Waals surface area contributed by atoms with Crippen LogP contribution in [0.3, 0.4) is 0 Å². The smallest absolute Gasteiger partial charge is 0.262 e. The Morgan fingerprint density at radius 2 is 1.69 bits per heavy atom. The fourth-order valence-corrected chi connectivity index (χ4v) is 2.37. The molecule has 0 saturated carbocycles. The van der Waals surface area contributed by atoms with Gasteiger partial charge in [0.2, 0.25) is 5.75 Å². The van der Waals surface area contributed by atoms with Crippen LogP contribution in [0.15, 0.2) is 48.0 Å². The topological polar surface area (TPSA) is 80.6 Å². The van der Waals surface area contributed by atoms with Crippen LogP contribution in [-0.2, 0) is 11.3 Å². The number of hydrogen-bond donors (Lipinski definition) is 1. The van der Waals surface area contributed by atoms with Crippen molar-refractivity contribution >= 4 is 12.0 Å². The molecule has 2 aromatic rings. The highest BCUT2D eigenvalue weighted by Crippen LogP contribution is 2.38. The second kappa shape index (κ2) is 9.14. The summed E-state index contributed by atoms with van der Waals surface area (Å²) in [4.78, 5) is 12.3. The molecule has 0 bridgehead atoms. The molecule has 6 heteroatoms. The van der Waals surface area contributed by atoms with Crippen LogP contribution >= 0.6 is 0 Å². The van der Waals surface area contributed by atoms with Gasteiger partial charge in [0.1, 0.15) is 11.6 Å². The average molecular weight is 352 g/mol. The highest BCUT2D eigenvalue weighted by atomic mass is 16.5. The summed E-state index contributed by atoms with van der Waals surface area (Å²) in [6.07, 6.45) is 1.48. The lowest BCUT2D eigenvalue weighted by Gasteiger charge is -2.13. The van der Waals surface area contributed by atoms with Gasteiger partial charge < -0.3 is 19.5 Å². The second-order valence-electron chi connectivity index (χ2n) is 5.30. The summed E-state index contributed by atoms with van der Waals surface area (Å²) in [5.41, 5.74) is 1.52. The van der Waals surface area contributed by atoms with Crippen molar-refractivity contribution < 1.29 is 19.0 Å². The molecule has 0 aromatic heterocycles. The molecule has 0 fully saturated rings. The number of amides is 1. The third-order valence-corrected chi connectivity index (χ3v) is 3.66. The predicted molar refractivity (Wildman–Crippen MR) is 98.0 cm³/mol. The van der Waals surface area contributed by atoms with E-state index in [-0.39, 0.29) is 5.57 Å². The van der Waals surface area contributed by atoms with E-state index in [0.29, 0.717) is 29.4 Å². The maximum Gasteiger partial charge on any atom is 0.262 e. The predicted octanol–water partition coefficient (Wildman–Crippen LogP) is 2.94. The van der Waals surface area contributed by atoms with Gasteiger partial charge in [-0.05, 0) is 29.3 Å². The van der Waals surface area contributed by atoms with Crippen molar-refractivity contribution in [1.29, 1.82) is 5.26 Å². The molecule has 2 aromatic carbocycles. The third-order valence-electron chi connectivity index (χ3n) is 3.66. The van der Waals surface area contributed by atoms with Gasteiger partial charge in [0.15, 0.2) is 11.5 Å². The van der Waals surface area contributed by atoms with E-state index < -0.39 is 5.91 Å². The molecule has 6 nitrogen and oxygen atoms in total. The van der Waals surface area contributed by atoms with Gasteiger partial charge in [-0.3, -0.25) is 4.79 Å². The minimum atomic E-state index is -0.454. The third kappa shape index (κ3) is 4.54. The summed E-state index contributed by atoms with van der Waals surface area (Å²) in [7, 11) is 4.51. The number of hydrogen-bond acceptors (Lipinski definition) is 5. The number of methoxy groups -OCH3 is 3. The molecule has 26 heavy (non-hydrogen) atoms. The lowest BCUT2D eigenvalue weighted by atomic mass is 10.1. The first-order valence-corrected chi connectivity index (χ1v) is 7.86. The van der Waals surface area contributed by atoms with Crippen molar-refractivity contribution in [3.8, 4) is 23.3 Å². The summed E-state index contributed by atoms with van der Waals surface area (Å²) in [6.45, 7) is 0.341. The van der Waals surface area contributed by atoms with E-state index in [1.54, 1.807) is 12.1 Å². The van der Waals surface area contributed by atoms with Crippen LogP contribution < -0.4 is 19.5 Å². The molecule has 1 N–H and O–H groups in total. The molecular formula is C20H20N2O4. The highest BCUT2D eigenvalue weighted by Gasteiger charge is 2.14. The highest BCUT2D eigenvalue weighted by molar-refractivity contribution is 6.01. The van der Waals surface area contributed by atoms with Crippen molar-refractivity contribution in [3.05, 3.63) is 59.2 Å². The Labute approximate surface area is 152 Å². The molecule has 0 heterocycles. The number of benzene rings is 2. The van der Waals surface area contributed by atoms with Crippen LogP contribution in [0, 0.1) is 11.3 Å². The van der Waals surface area contributed by atoms with Crippen molar-refractivity contribution in [2.24, 2.45) is 0 Å². The van der Waals surface area contributed by atoms with E-state index in [0.717, 1.165) is 5.56 Å². The van der Waals surface area contributed by atoms with Gasteiger partial charge in [0, 0.05) is 6.54 Å².